The second-order valence-electron chi connectivity index (χ2n) is 4.52. The molecule has 0 fully saturated rings. The fourth-order valence-corrected chi connectivity index (χ4v) is 1.90. The lowest BCUT2D eigenvalue weighted by Crippen LogP contribution is -2.19. The van der Waals surface area contributed by atoms with E-state index < -0.39 is 0 Å². The molecule has 2 N–H and O–H groups in total. The maximum atomic E-state index is 5.89. The molecule has 0 atom stereocenters. The monoisotopic (exact) mass is 236 g/mol. The minimum Gasteiger partial charge on any atom is -0.495 e. The lowest BCUT2D eigenvalue weighted by molar-refractivity contribution is 0.318. The zero-order valence-corrected chi connectivity index (χ0v) is 11.2. The first-order valence-electron chi connectivity index (χ1n) is 6.28. The van der Waals surface area contributed by atoms with Gasteiger partial charge in [-0.25, -0.2) is 0 Å². The van der Waals surface area contributed by atoms with Gasteiger partial charge < -0.3 is 15.4 Å². The minimum absolute atomic E-state index is 0.715. The highest BCUT2D eigenvalue weighted by atomic mass is 16.5. The van der Waals surface area contributed by atoms with Crippen LogP contribution in [0.2, 0.25) is 0 Å². The van der Waals surface area contributed by atoms with Crippen molar-refractivity contribution >= 4 is 5.69 Å². The van der Waals surface area contributed by atoms with Gasteiger partial charge in [0.15, 0.2) is 0 Å². The van der Waals surface area contributed by atoms with E-state index in [1.807, 2.05) is 12.1 Å². The van der Waals surface area contributed by atoms with E-state index in [-0.39, 0.29) is 0 Å². The third-order valence-corrected chi connectivity index (χ3v) is 2.89. The number of nitrogens with zero attached hydrogens (tertiary/aromatic N) is 1. The molecule has 3 nitrogen and oxygen atoms in total. The zero-order valence-electron chi connectivity index (χ0n) is 11.2. The molecule has 17 heavy (non-hydrogen) atoms. The molecule has 0 unspecified atom stereocenters. The molecule has 1 aromatic carbocycles. The van der Waals surface area contributed by atoms with Crippen LogP contribution in [0.3, 0.4) is 0 Å². The van der Waals surface area contributed by atoms with E-state index in [1.54, 1.807) is 7.11 Å². The highest BCUT2D eigenvalue weighted by molar-refractivity contribution is 5.54. The molecule has 0 aliphatic carbocycles. The van der Waals surface area contributed by atoms with Crippen LogP contribution in [0.25, 0.3) is 0 Å². The van der Waals surface area contributed by atoms with E-state index in [9.17, 15) is 0 Å². The molecule has 0 saturated heterocycles. The van der Waals surface area contributed by atoms with Crippen LogP contribution in [0.4, 0.5) is 5.69 Å². The second-order valence-corrected chi connectivity index (χ2v) is 4.52. The summed E-state index contributed by atoms with van der Waals surface area (Å²) in [5, 5.41) is 0. The van der Waals surface area contributed by atoms with Crippen LogP contribution in [0.5, 0.6) is 5.75 Å². The Morgan fingerprint density at radius 2 is 2.06 bits per heavy atom. The first-order chi connectivity index (χ1) is 8.17. The number of rotatable bonds is 7. The molecule has 0 aliphatic heterocycles. The summed E-state index contributed by atoms with van der Waals surface area (Å²) in [6, 6.07) is 6.01. The van der Waals surface area contributed by atoms with Crippen molar-refractivity contribution in [2.24, 2.45) is 0 Å². The second kappa shape index (κ2) is 7.17. The number of nitrogen functional groups attached to an aromatic ring is 1. The third kappa shape index (κ3) is 4.65. The average molecular weight is 236 g/mol. The van der Waals surface area contributed by atoms with E-state index in [4.69, 9.17) is 10.5 Å². The molecule has 0 spiro atoms. The summed E-state index contributed by atoms with van der Waals surface area (Å²) in [4.78, 5) is 2.33. The largest absolute Gasteiger partial charge is 0.495 e. The molecular formula is C14H24N2O. The fraction of sp³-hybridized carbons (Fsp3) is 0.571. The van der Waals surface area contributed by atoms with E-state index in [1.165, 1.54) is 24.8 Å². The normalized spacial score (nSPS) is 10.8. The molecule has 3 heteroatoms. The Labute approximate surface area is 105 Å². The Balaban J connectivity index is 2.48. The lowest BCUT2D eigenvalue weighted by Gasteiger charge is -2.17. The standard InChI is InChI=1S/C14H24N2O/c1-4-5-6-9-16(2)11-12-7-8-14(17-3)13(15)10-12/h7-8,10H,4-6,9,11,15H2,1-3H3. The predicted molar refractivity (Wildman–Crippen MR) is 73.3 cm³/mol. The van der Waals surface area contributed by atoms with Crippen LogP contribution in [0.15, 0.2) is 18.2 Å². The quantitative estimate of drug-likeness (QED) is 0.584. The van der Waals surface area contributed by atoms with Crippen LogP contribution in [0.1, 0.15) is 31.7 Å². The predicted octanol–water partition coefficient (Wildman–Crippen LogP) is 2.90. The molecule has 1 aromatic rings. The third-order valence-electron chi connectivity index (χ3n) is 2.89. The molecule has 0 heterocycles. The number of hydrogen-bond donors (Lipinski definition) is 1. The van der Waals surface area contributed by atoms with E-state index >= 15 is 0 Å². The van der Waals surface area contributed by atoms with Crippen molar-refractivity contribution < 1.29 is 4.74 Å². The maximum absolute atomic E-state index is 5.89. The average Bonchev–Trinajstić information content (AvgIpc) is 2.29. The van der Waals surface area contributed by atoms with Gasteiger partial charge >= 0.3 is 0 Å². The Bertz CT molecular complexity index is 339. The molecule has 0 saturated carbocycles. The molecule has 0 aromatic heterocycles. The van der Waals surface area contributed by atoms with Crippen LogP contribution in [0, 0.1) is 0 Å². The van der Waals surface area contributed by atoms with Gasteiger partial charge in [0.2, 0.25) is 0 Å². The number of nitrogens with two attached hydrogens (primary N) is 1. The van der Waals surface area contributed by atoms with E-state index in [0.717, 1.165) is 18.8 Å². The Morgan fingerprint density at radius 3 is 2.65 bits per heavy atom. The molecule has 0 aliphatic rings. The Morgan fingerprint density at radius 1 is 1.29 bits per heavy atom. The summed E-state index contributed by atoms with van der Waals surface area (Å²) < 4.78 is 5.15. The minimum atomic E-state index is 0.715. The lowest BCUT2D eigenvalue weighted by atomic mass is 10.1. The summed E-state index contributed by atoms with van der Waals surface area (Å²) in [6.45, 7) is 4.31. The zero-order chi connectivity index (χ0) is 12.7. The Kier molecular flexibility index (Phi) is 5.84. The van der Waals surface area contributed by atoms with Gasteiger partial charge in [-0.15, -0.1) is 0 Å². The molecule has 96 valence electrons. The molecule has 0 bridgehead atoms. The molecule has 1 rings (SSSR count). The maximum Gasteiger partial charge on any atom is 0.141 e. The number of methoxy groups -OCH3 is 1. The van der Waals surface area contributed by atoms with Crippen molar-refractivity contribution in [3.8, 4) is 5.75 Å². The highest BCUT2D eigenvalue weighted by Crippen LogP contribution is 2.22. The van der Waals surface area contributed by atoms with Crippen molar-refractivity contribution in [2.45, 2.75) is 32.7 Å². The van der Waals surface area contributed by atoms with E-state index in [2.05, 4.69) is 24.9 Å². The van der Waals surface area contributed by atoms with Gasteiger partial charge in [-0.3, -0.25) is 0 Å². The summed E-state index contributed by atoms with van der Waals surface area (Å²) in [7, 11) is 3.79. The highest BCUT2D eigenvalue weighted by Gasteiger charge is 2.03. The van der Waals surface area contributed by atoms with Crippen molar-refractivity contribution in [1.29, 1.82) is 0 Å². The molecule has 0 radical (unpaired) electrons. The van der Waals surface area contributed by atoms with Gasteiger partial charge in [0, 0.05) is 6.54 Å². The van der Waals surface area contributed by atoms with Gasteiger partial charge in [0.25, 0.3) is 0 Å². The first-order valence-corrected chi connectivity index (χ1v) is 6.28. The first kappa shape index (κ1) is 13.8. The number of unbranched alkanes of at least 4 members (excludes halogenated alkanes) is 2. The van der Waals surface area contributed by atoms with Crippen molar-refractivity contribution in [2.75, 3.05) is 26.4 Å². The van der Waals surface area contributed by atoms with Crippen LogP contribution >= 0.6 is 0 Å². The van der Waals surface area contributed by atoms with Gasteiger partial charge in [-0.2, -0.15) is 0 Å². The number of anilines is 1. The summed E-state index contributed by atoms with van der Waals surface area (Å²) in [5.41, 5.74) is 7.84. The van der Waals surface area contributed by atoms with Gasteiger partial charge in [0.1, 0.15) is 5.75 Å². The molecule has 0 amide bonds. The van der Waals surface area contributed by atoms with Gasteiger partial charge in [-0.05, 0) is 37.7 Å². The number of hydrogen-bond acceptors (Lipinski definition) is 3. The summed E-state index contributed by atoms with van der Waals surface area (Å²) in [5.74, 6) is 0.752. The SMILES string of the molecule is CCCCCN(C)Cc1ccc(OC)c(N)c1. The fourth-order valence-electron chi connectivity index (χ4n) is 1.90. The van der Waals surface area contributed by atoms with E-state index in [0.29, 0.717) is 5.69 Å². The van der Waals surface area contributed by atoms with Crippen LogP contribution in [-0.2, 0) is 6.54 Å². The van der Waals surface area contributed by atoms with Gasteiger partial charge in [0.05, 0.1) is 12.8 Å². The number of ether oxygens (including phenoxy) is 1. The van der Waals surface area contributed by atoms with Crippen molar-refractivity contribution in [3.05, 3.63) is 23.8 Å². The molecular weight excluding hydrogens is 212 g/mol. The van der Waals surface area contributed by atoms with Crippen molar-refractivity contribution in [1.82, 2.24) is 4.90 Å². The smallest absolute Gasteiger partial charge is 0.141 e. The number of benzene rings is 1. The topological polar surface area (TPSA) is 38.5 Å². The van der Waals surface area contributed by atoms with Crippen LogP contribution in [-0.4, -0.2) is 25.6 Å². The summed E-state index contributed by atoms with van der Waals surface area (Å²) in [6.07, 6.45) is 3.83. The Hall–Kier alpha value is -1.22. The van der Waals surface area contributed by atoms with Gasteiger partial charge in [-0.1, -0.05) is 25.8 Å². The van der Waals surface area contributed by atoms with Crippen LogP contribution < -0.4 is 10.5 Å². The summed E-state index contributed by atoms with van der Waals surface area (Å²) >= 11 is 0. The van der Waals surface area contributed by atoms with Crippen molar-refractivity contribution in [3.63, 3.8) is 0 Å².